The Kier molecular flexibility index (Phi) is 4.95. The summed E-state index contributed by atoms with van der Waals surface area (Å²) in [6, 6.07) is 3.20. The van der Waals surface area contributed by atoms with Crippen LogP contribution in [-0.4, -0.2) is 60.4 Å². The third-order valence-corrected chi connectivity index (χ3v) is 4.99. The third kappa shape index (κ3) is 4.31. The molecule has 0 saturated carbocycles. The van der Waals surface area contributed by atoms with Gasteiger partial charge in [0, 0.05) is 26.0 Å². The average Bonchev–Trinajstić information content (AvgIpc) is 3.04. The zero-order valence-corrected chi connectivity index (χ0v) is 15.1. The maximum Gasteiger partial charge on any atom is 0.340 e. The van der Waals surface area contributed by atoms with Crippen LogP contribution in [0.2, 0.25) is 0 Å². The number of nitrogens with zero attached hydrogens (tertiary/aromatic N) is 3. The van der Waals surface area contributed by atoms with Crippen molar-refractivity contribution >= 4 is 33.6 Å². The fourth-order valence-electron chi connectivity index (χ4n) is 2.46. The fraction of sp³-hybridized carbons (Fsp3) is 0.250. The summed E-state index contributed by atoms with van der Waals surface area (Å²) >= 11 is 0. The normalized spacial score (nSPS) is 17.4. The molecule has 0 aromatic carbocycles. The molecule has 27 heavy (non-hydrogen) atoms. The number of carbonyl (C=O) groups is 3. The minimum atomic E-state index is -3.48. The average molecular weight is 392 g/mol. The fourth-order valence-corrected chi connectivity index (χ4v) is 3.43. The van der Waals surface area contributed by atoms with Gasteiger partial charge in [-0.25, -0.2) is 13.2 Å². The maximum absolute atomic E-state index is 12.1. The third-order valence-electron chi connectivity index (χ3n) is 3.82. The molecule has 1 N–H and O–H groups in total. The number of fused-ring (bicyclic) bond motifs is 1. The summed E-state index contributed by atoms with van der Waals surface area (Å²) in [5.74, 6) is -2.09. The Balaban J connectivity index is 1.55. The van der Waals surface area contributed by atoms with E-state index in [9.17, 15) is 22.8 Å². The highest BCUT2D eigenvalue weighted by atomic mass is 32.2. The van der Waals surface area contributed by atoms with Crippen molar-refractivity contribution in [2.45, 2.75) is 0 Å². The van der Waals surface area contributed by atoms with Gasteiger partial charge >= 0.3 is 5.97 Å². The van der Waals surface area contributed by atoms with Crippen LogP contribution < -0.4 is 5.32 Å². The van der Waals surface area contributed by atoms with Crippen LogP contribution in [0.5, 0.6) is 0 Å². The van der Waals surface area contributed by atoms with Crippen LogP contribution in [0.4, 0.5) is 0 Å². The molecule has 0 bridgehead atoms. The van der Waals surface area contributed by atoms with Gasteiger partial charge in [-0.1, -0.05) is 0 Å². The molecule has 2 aliphatic rings. The van der Waals surface area contributed by atoms with Crippen molar-refractivity contribution in [1.29, 1.82) is 0 Å². The number of nitrogens with one attached hydrogen (secondary N) is 1. The van der Waals surface area contributed by atoms with Crippen LogP contribution in [0.25, 0.3) is 0 Å². The number of hydrogen-bond acceptors (Lipinski definition) is 7. The molecule has 3 rings (SSSR count). The van der Waals surface area contributed by atoms with Crippen molar-refractivity contribution in [2.75, 3.05) is 18.9 Å². The predicted molar refractivity (Wildman–Crippen MR) is 94.0 cm³/mol. The summed E-state index contributed by atoms with van der Waals surface area (Å²) < 4.78 is 33.0. The monoisotopic (exact) mass is 392 g/mol. The van der Waals surface area contributed by atoms with E-state index in [4.69, 9.17) is 4.74 Å². The Morgan fingerprint density at radius 1 is 1.30 bits per heavy atom. The number of esters is 1. The van der Waals surface area contributed by atoms with Crippen LogP contribution in [-0.2, 0) is 31.4 Å². The van der Waals surface area contributed by atoms with Gasteiger partial charge in [-0.15, -0.1) is 4.40 Å². The van der Waals surface area contributed by atoms with Gasteiger partial charge in [0.2, 0.25) is 0 Å². The smallest absolute Gasteiger partial charge is 0.340 e. The van der Waals surface area contributed by atoms with E-state index in [1.165, 1.54) is 23.3 Å². The van der Waals surface area contributed by atoms with Crippen molar-refractivity contribution < 1.29 is 27.5 Å². The van der Waals surface area contributed by atoms with Gasteiger partial charge in [0.15, 0.2) is 6.61 Å². The minimum Gasteiger partial charge on any atom is -0.452 e. The Morgan fingerprint density at radius 2 is 2.07 bits per heavy atom. The number of sulfonamides is 1. The number of hydrogen-bond donors (Lipinski definition) is 1. The first-order chi connectivity index (χ1) is 12.7. The van der Waals surface area contributed by atoms with Gasteiger partial charge in [0.25, 0.3) is 21.8 Å². The molecular weight excluding hydrogens is 376 g/mol. The summed E-state index contributed by atoms with van der Waals surface area (Å²) in [5.41, 5.74) is 0.425. The van der Waals surface area contributed by atoms with Crippen molar-refractivity contribution in [3.8, 4) is 0 Å². The van der Waals surface area contributed by atoms with Crippen LogP contribution >= 0.6 is 0 Å². The van der Waals surface area contributed by atoms with Crippen LogP contribution in [0.1, 0.15) is 10.5 Å². The van der Waals surface area contributed by atoms with Crippen LogP contribution in [0.3, 0.4) is 0 Å². The molecule has 10 nitrogen and oxygen atoms in total. The second kappa shape index (κ2) is 7.19. The van der Waals surface area contributed by atoms with Gasteiger partial charge in [-0.05, 0) is 24.3 Å². The summed E-state index contributed by atoms with van der Waals surface area (Å²) in [6.07, 6.45) is 5.80. The van der Waals surface area contributed by atoms with Crippen molar-refractivity contribution in [3.63, 3.8) is 0 Å². The Morgan fingerprint density at radius 3 is 2.78 bits per heavy atom. The van der Waals surface area contributed by atoms with Crippen LogP contribution in [0.15, 0.2) is 46.7 Å². The van der Waals surface area contributed by atoms with Gasteiger partial charge in [0.1, 0.15) is 11.5 Å². The zero-order valence-electron chi connectivity index (χ0n) is 14.3. The summed E-state index contributed by atoms with van der Waals surface area (Å²) in [6.45, 7) is -0.469. The summed E-state index contributed by atoms with van der Waals surface area (Å²) in [7, 11) is -1.83. The Bertz CT molecular complexity index is 1000. The number of rotatable bonds is 4. The van der Waals surface area contributed by atoms with E-state index in [2.05, 4.69) is 9.71 Å². The second-order valence-corrected chi connectivity index (χ2v) is 7.56. The van der Waals surface area contributed by atoms with E-state index in [-0.39, 0.29) is 23.7 Å². The van der Waals surface area contributed by atoms with Gasteiger partial charge in [-0.3, -0.25) is 14.9 Å². The molecule has 2 amide bonds. The first kappa shape index (κ1) is 18.6. The molecule has 0 unspecified atom stereocenters. The van der Waals surface area contributed by atoms with Gasteiger partial charge in [0.05, 0.1) is 11.3 Å². The predicted octanol–water partition coefficient (Wildman–Crippen LogP) is -0.678. The zero-order chi connectivity index (χ0) is 19.6. The van der Waals surface area contributed by atoms with E-state index in [0.717, 1.165) is 0 Å². The lowest BCUT2D eigenvalue weighted by molar-refractivity contribution is -0.144. The lowest BCUT2D eigenvalue weighted by Gasteiger charge is -2.26. The molecule has 2 aliphatic heterocycles. The number of aromatic nitrogens is 1. The molecule has 0 radical (unpaired) electrons. The van der Waals surface area contributed by atoms with E-state index in [0.29, 0.717) is 5.69 Å². The highest BCUT2D eigenvalue weighted by Crippen LogP contribution is 2.16. The number of carbonyl (C=O) groups excluding carboxylic acids is 3. The molecule has 11 heteroatoms. The van der Waals surface area contributed by atoms with Crippen molar-refractivity contribution in [2.24, 2.45) is 11.4 Å². The van der Waals surface area contributed by atoms with Gasteiger partial charge in [-0.2, -0.15) is 0 Å². The van der Waals surface area contributed by atoms with E-state index >= 15 is 0 Å². The Labute approximate surface area is 154 Å². The molecule has 0 atom stereocenters. The molecule has 0 saturated heterocycles. The van der Waals surface area contributed by atoms with E-state index in [1.807, 2.05) is 0 Å². The van der Waals surface area contributed by atoms with Crippen molar-refractivity contribution in [3.05, 3.63) is 47.9 Å². The first-order valence-electron chi connectivity index (χ1n) is 7.87. The molecule has 0 aliphatic carbocycles. The number of amidine groups is 1. The number of ether oxygens (including phenoxy) is 1. The number of amides is 2. The molecule has 1 aromatic heterocycles. The lowest BCUT2D eigenvalue weighted by Crippen LogP contribution is -2.37. The molecule has 3 heterocycles. The molecular formula is C16H16N4O6S. The highest BCUT2D eigenvalue weighted by molar-refractivity contribution is 7.90. The van der Waals surface area contributed by atoms with Crippen molar-refractivity contribution in [1.82, 2.24) is 14.8 Å². The number of aryl methyl sites for hydroxylation is 1. The maximum atomic E-state index is 12.1. The largest absolute Gasteiger partial charge is 0.452 e. The van der Waals surface area contributed by atoms with E-state index in [1.54, 1.807) is 29.9 Å². The topological polar surface area (TPSA) is 127 Å². The number of imide groups is 1. The standard InChI is InChI=1S/C16H16N4O6S/c1-19-6-2-3-12(19)15(22)17-14(21)10-26-16(23)11-4-5-13-18-27(24,25)8-7-20(13)9-11/h2-6,9H,7-8,10H2,1H3,(H,17,21,22). The first-order valence-corrected chi connectivity index (χ1v) is 9.48. The summed E-state index contributed by atoms with van der Waals surface area (Å²) in [5, 5.41) is 2.13. The molecule has 0 fully saturated rings. The summed E-state index contributed by atoms with van der Waals surface area (Å²) in [4.78, 5) is 37.3. The Hall–Kier alpha value is -3.21. The second-order valence-electron chi connectivity index (χ2n) is 5.80. The van der Waals surface area contributed by atoms with E-state index < -0.39 is 34.4 Å². The minimum absolute atomic E-state index is 0.134. The molecule has 1 aromatic rings. The highest BCUT2D eigenvalue weighted by Gasteiger charge is 2.25. The SMILES string of the molecule is Cn1cccc1C(=O)NC(=O)COC(=O)C1=CN2CCS(=O)(=O)N=C2C=C1. The quantitative estimate of drug-likeness (QED) is 0.673. The lowest BCUT2D eigenvalue weighted by atomic mass is 10.2. The van der Waals surface area contributed by atoms with Gasteiger partial charge < -0.3 is 14.2 Å². The molecule has 142 valence electrons. The van der Waals surface area contributed by atoms with Crippen LogP contribution in [0, 0.1) is 0 Å². The molecule has 0 spiro atoms.